The predicted octanol–water partition coefficient (Wildman–Crippen LogP) is 5.68. The lowest BCUT2D eigenvalue weighted by molar-refractivity contribution is 0.0395. The van der Waals surface area contributed by atoms with Gasteiger partial charge in [-0.1, -0.05) is 29.8 Å². The highest BCUT2D eigenvalue weighted by Crippen LogP contribution is 2.40. The molecule has 3 N–H and O–H groups in total. The van der Waals surface area contributed by atoms with Crippen molar-refractivity contribution < 1.29 is 24.1 Å². The second-order valence-corrected chi connectivity index (χ2v) is 10.9. The second-order valence-electron chi connectivity index (χ2n) is 10.9. The van der Waals surface area contributed by atoms with E-state index in [1.54, 1.807) is 45.4 Å². The van der Waals surface area contributed by atoms with E-state index in [1.165, 1.54) is 0 Å². The van der Waals surface area contributed by atoms with Gasteiger partial charge in [0.1, 0.15) is 17.0 Å². The molecular weight excluding hydrogens is 480 g/mol. The van der Waals surface area contributed by atoms with Crippen LogP contribution >= 0.6 is 0 Å². The summed E-state index contributed by atoms with van der Waals surface area (Å²) in [6.45, 7) is 7.46. The molecule has 4 rings (SSSR count). The molecule has 0 saturated heterocycles. The van der Waals surface area contributed by atoms with Crippen LogP contribution in [0, 0.1) is 6.92 Å². The van der Waals surface area contributed by atoms with Crippen LogP contribution in [0.1, 0.15) is 73.6 Å². The molecule has 202 valence electrons. The summed E-state index contributed by atoms with van der Waals surface area (Å²) in [5.41, 5.74) is 8.62. The highest BCUT2D eigenvalue weighted by molar-refractivity contribution is 5.96. The standard InChI is InChI=1S/C31H38N2O5/c1-19-7-9-20(10-8-19)28-29(37-6)23(30(2,3)32)18-27(33-28)31(4,35)16-15-24(34)21-11-14-25(26(17-21)36-5)38-22-12-13-22/h7-11,14,17-18,22,35H,12-13,15-16,32H2,1-6H3. The summed E-state index contributed by atoms with van der Waals surface area (Å²) in [7, 11) is 3.15. The van der Waals surface area contributed by atoms with Crippen molar-refractivity contribution in [2.45, 2.75) is 70.6 Å². The quantitative estimate of drug-likeness (QED) is 0.315. The monoisotopic (exact) mass is 518 g/mol. The Morgan fingerprint density at radius 3 is 2.29 bits per heavy atom. The number of methoxy groups -OCH3 is 2. The summed E-state index contributed by atoms with van der Waals surface area (Å²) in [5.74, 6) is 1.64. The minimum absolute atomic E-state index is 0.104. The van der Waals surface area contributed by atoms with E-state index in [4.69, 9.17) is 24.9 Å². The molecule has 7 nitrogen and oxygen atoms in total. The van der Waals surface area contributed by atoms with Gasteiger partial charge in [0.15, 0.2) is 17.3 Å². The highest BCUT2D eigenvalue weighted by atomic mass is 16.5. The molecule has 0 amide bonds. The molecule has 0 radical (unpaired) electrons. The van der Waals surface area contributed by atoms with Gasteiger partial charge in [-0.2, -0.15) is 0 Å². The Bertz CT molecular complexity index is 1310. The molecule has 1 fully saturated rings. The van der Waals surface area contributed by atoms with E-state index in [1.807, 2.05) is 45.0 Å². The van der Waals surface area contributed by atoms with Crippen molar-refractivity contribution in [2.24, 2.45) is 5.73 Å². The van der Waals surface area contributed by atoms with Gasteiger partial charge in [-0.3, -0.25) is 4.79 Å². The molecule has 1 atom stereocenters. The topological polar surface area (TPSA) is 104 Å². The van der Waals surface area contributed by atoms with Gasteiger partial charge >= 0.3 is 0 Å². The molecule has 1 saturated carbocycles. The first-order valence-corrected chi connectivity index (χ1v) is 13.0. The Balaban J connectivity index is 1.62. The van der Waals surface area contributed by atoms with Crippen LogP contribution in [0.25, 0.3) is 11.3 Å². The van der Waals surface area contributed by atoms with Gasteiger partial charge in [0, 0.05) is 28.7 Å². The summed E-state index contributed by atoms with van der Waals surface area (Å²) in [5, 5.41) is 11.6. The molecular formula is C31H38N2O5. The lowest BCUT2D eigenvalue weighted by Gasteiger charge is -2.29. The number of rotatable bonds is 11. The SMILES string of the molecule is COc1cc(C(=O)CCC(C)(O)c2cc(C(C)(C)N)c(OC)c(-c3ccc(C)cc3)n2)ccc1OC1CC1. The van der Waals surface area contributed by atoms with Crippen LogP contribution in [0.3, 0.4) is 0 Å². The van der Waals surface area contributed by atoms with Gasteiger partial charge in [0.25, 0.3) is 0 Å². The first-order valence-electron chi connectivity index (χ1n) is 13.0. The van der Waals surface area contributed by atoms with Crippen molar-refractivity contribution in [2.75, 3.05) is 14.2 Å². The number of nitrogens with zero attached hydrogens (tertiary/aromatic N) is 1. The molecule has 0 spiro atoms. The fourth-order valence-corrected chi connectivity index (χ4v) is 4.33. The molecule has 0 bridgehead atoms. The molecule has 7 heteroatoms. The number of aliphatic hydroxyl groups is 1. The van der Waals surface area contributed by atoms with Crippen molar-refractivity contribution >= 4 is 5.78 Å². The predicted molar refractivity (Wildman–Crippen MR) is 148 cm³/mol. The zero-order chi connectivity index (χ0) is 27.7. The van der Waals surface area contributed by atoms with Crippen LogP contribution in [0.5, 0.6) is 17.2 Å². The number of ether oxygens (including phenoxy) is 3. The minimum Gasteiger partial charge on any atom is -0.494 e. The third-order valence-electron chi connectivity index (χ3n) is 6.89. The largest absolute Gasteiger partial charge is 0.494 e. The maximum absolute atomic E-state index is 13.1. The van der Waals surface area contributed by atoms with Crippen molar-refractivity contribution in [3.05, 3.63) is 70.9 Å². The average molecular weight is 519 g/mol. The summed E-state index contributed by atoms with van der Waals surface area (Å²) in [6, 6.07) is 15.0. The molecule has 38 heavy (non-hydrogen) atoms. The number of pyridine rings is 1. The Morgan fingerprint density at radius 2 is 1.71 bits per heavy atom. The smallest absolute Gasteiger partial charge is 0.163 e. The molecule has 1 unspecified atom stereocenters. The van der Waals surface area contributed by atoms with Crippen LogP contribution in [0.4, 0.5) is 0 Å². The van der Waals surface area contributed by atoms with Crippen molar-refractivity contribution in [1.29, 1.82) is 0 Å². The van der Waals surface area contributed by atoms with Crippen molar-refractivity contribution in [1.82, 2.24) is 4.98 Å². The number of carbonyl (C=O) groups excluding carboxylic acids is 1. The lowest BCUT2D eigenvalue weighted by atomic mass is 9.87. The van der Waals surface area contributed by atoms with Crippen LogP contribution in [-0.4, -0.2) is 36.2 Å². The molecule has 1 aliphatic carbocycles. The number of hydrogen-bond donors (Lipinski definition) is 2. The van der Waals surface area contributed by atoms with Crippen LogP contribution < -0.4 is 19.9 Å². The number of aryl methyl sites for hydroxylation is 1. The second kappa shape index (κ2) is 10.8. The van der Waals surface area contributed by atoms with Crippen LogP contribution in [-0.2, 0) is 11.1 Å². The molecule has 3 aromatic rings. The van der Waals surface area contributed by atoms with Gasteiger partial charge in [-0.05, 0) is 71.2 Å². The maximum Gasteiger partial charge on any atom is 0.163 e. The Hall–Kier alpha value is -3.42. The lowest BCUT2D eigenvalue weighted by Crippen LogP contribution is -2.31. The molecule has 0 aliphatic heterocycles. The highest BCUT2D eigenvalue weighted by Gasteiger charge is 2.32. The number of nitrogens with two attached hydrogens (primary N) is 1. The van der Waals surface area contributed by atoms with Gasteiger partial charge in [-0.15, -0.1) is 0 Å². The summed E-state index contributed by atoms with van der Waals surface area (Å²) < 4.78 is 17.1. The van der Waals surface area contributed by atoms with Gasteiger partial charge in [0.05, 0.1) is 26.0 Å². The molecule has 1 aliphatic rings. The molecule has 1 aromatic heterocycles. The van der Waals surface area contributed by atoms with Gasteiger partial charge in [-0.25, -0.2) is 4.98 Å². The number of ketones is 1. The van der Waals surface area contributed by atoms with Gasteiger partial charge in [0.2, 0.25) is 0 Å². The molecule has 1 heterocycles. The number of hydrogen-bond acceptors (Lipinski definition) is 7. The summed E-state index contributed by atoms with van der Waals surface area (Å²) in [4.78, 5) is 17.9. The van der Waals surface area contributed by atoms with E-state index in [9.17, 15) is 9.90 Å². The first kappa shape index (κ1) is 27.6. The molecule has 2 aromatic carbocycles. The van der Waals surface area contributed by atoms with E-state index < -0.39 is 11.1 Å². The fourth-order valence-electron chi connectivity index (χ4n) is 4.33. The van der Waals surface area contributed by atoms with Crippen molar-refractivity contribution in [3.8, 4) is 28.5 Å². The van der Waals surface area contributed by atoms with Crippen molar-refractivity contribution in [3.63, 3.8) is 0 Å². The zero-order valence-corrected chi connectivity index (χ0v) is 23.1. The average Bonchev–Trinajstić information content (AvgIpc) is 3.70. The van der Waals surface area contributed by atoms with E-state index in [0.717, 1.165) is 29.5 Å². The minimum atomic E-state index is -1.39. The van der Waals surface area contributed by atoms with E-state index in [-0.39, 0.29) is 24.7 Å². The van der Waals surface area contributed by atoms with Crippen LogP contribution in [0.2, 0.25) is 0 Å². The van der Waals surface area contributed by atoms with E-state index in [0.29, 0.717) is 34.2 Å². The van der Waals surface area contributed by atoms with E-state index in [2.05, 4.69) is 0 Å². The zero-order valence-electron chi connectivity index (χ0n) is 23.1. The van der Waals surface area contributed by atoms with Crippen LogP contribution in [0.15, 0.2) is 48.5 Å². The number of aromatic nitrogens is 1. The number of carbonyl (C=O) groups is 1. The number of Topliss-reactive ketones (excluding diaryl/α,β-unsaturated/α-hetero) is 1. The normalized spacial score (nSPS) is 15.1. The Kier molecular flexibility index (Phi) is 7.81. The third-order valence-corrected chi connectivity index (χ3v) is 6.89. The maximum atomic E-state index is 13.1. The summed E-state index contributed by atoms with van der Waals surface area (Å²) in [6.07, 6.45) is 2.59. The van der Waals surface area contributed by atoms with E-state index >= 15 is 0 Å². The third kappa shape index (κ3) is 6.17. The number of benzene rings is 2. The Labute approximate surface area is 225 Å². The Morgan fingerprint density at radius 1 is 1.03 bits per heavy atom. The first-order chi connectivity index (χ1) is 17.9. The fraction of sp³-hybridized carbons (Fsp3) is 0.419. The van der Waals surface area contributed by atoms with Gasteiger partial charge < -0.3 is 25.1 Å². The summed E-state index contributed by atoms with van der Waals surface area (Å²) >= 11 is 0.